The van der Waals surface area contributed by atoms with Crippen LogP contribution >= 0.6 is 0 Å². The summed E-state index contributed by atoms with van der Waals surface area (Å²) >= 11 is 0. The van der Waals surface area contributed by atoms with Crippen molar-refractivity contribution in [2.24, 2.45) is 0 Å². The van der Waals surface area contributed by atoms with Gasteiger partial charge < -0.3 is 9.57 Å². The smallest absolute Gasteiger partial charge is 0.415 e. The number of benzene rings is 1. The van der Waals surface area contributed by atoms with E-state index in [0.29, 0.717) is 30.0 Å². The lowest BCUT2D eigenvalue weighted by atomic mass is 9.84. The van der Waals surface area contributed by atoms with Crippen LogP contribution in [0.25, 0.3) is 0 Å². The minimum absolute atomic E-state index is 0.197. The number of nitrogens with zero attached hydrogens (tertiary/aromatic N) is 2. The zero-order valence-corrected chi connectivity index (χ0v) is 14.7. The summed E-state index contributed by atoms with van der Waals surface area (Å²) < 4.78 is 5.65. The Morgan fingerprint density at radius 2 is 1.96 bits per heavy atom. The second kappa shape index (κ2) is 6.06. The van der Waals surface area contributed by atoms with Gasteiger partial charge in [-0.05, 0) is 32.9 Å². The summed E-state index contributed by atoms with van der Waals surface area (Å²) in [5.41, 5.74) is -0.797. The van der Waals surface area contributed by atoms with E-state index in [9.17, 15) is 9.59 Å². The van der Waals surface area contributed by atoms with E-state index in [1.54, 1.807) is 5.06 Å². The maximum absolute atomic E-state index is 12.4. The summed E-state index contributed by atoms with van der Waals surface area (Å²) in [6.45, 7) is 10.4. The van der Waals surface area contributed by atoms with Crippen LogP contribution in [0.1, 0.15) is 27.2 Å². The average molecular weight is 342 g/mol. The molecule has 0 aromatic heterocycles. The van der Waals surface area contributed by atoms with Crippen molar-refractivity contribution in [1.29, 1.82) is 0 Å². The zero-order valence-electron chi connectivity index (χ0n) is 14.7. The van der Waals surface area contributed by atoms with E-state index >= 15 is 0 Å². The summed E-state index contributed by atoms with van der Waals surface area (Å²) in [4.78, 5) is 31.3. The lowest BCUT2D eigenvalue weighted by Gasteiger charge is -2.39. The van der Waals surface area contributed by atoms with Gasteiger partial charge in [-0.2, -0.15) is 0 Å². The van der Waals surface area contributed by atoms with Gasteiger partial charge >= 0.3 is 6.09 Å². The van der Waals surface area contributed by atoms with Gasteiger partial charge in [-0.3, -0.25) is 4.90 Å². The molecular formula is C19H22N2O4. The Balaban J connectivity index is 1.83. The highest BCUT2D eigenvalue weighted by atomic mass is 16.7. The second-order valence-corrected chi connectivity index (χ2v) is 7.25. The van der Waals surface area contributed by atoms with E-state index in [4.69, 9.17) is 9.57 Å². The fourth-order valence-electron chi connectivity index (χ4n) is 3.29. The van der Waals surface area contributed by atoms with E-state index in [2.05, 4.69) is 6.58 Å². The van der Waals surface area contributed by atoms with Crippen molar-refractivity contribution in [2.75, 3.05) is 13.1 Å². The molecule has 2 aliphatic rings. The average Bonchev–Trinajstić information content (AvgIpc) is 2.81. The third kappa shape index (κ3) is 2.95. The Morgan fingerprint density at radius 1 is 1.28 bits per heavy atom. The summed E-state index contributed by atoms with van der Waals surface area (Å²) in [6.07, 6.45) is -0.0932. The van der Waals surface area contributed by atoms with Crippen LogP contribution in [0.5, 0.6) is 5.75 Å². The molecule has 0 aliphatic carbocycles. The Kier molecular flexibility index (Phi) is 4.19. The molecule has 1 amide bonds. The van der Waals surface area contributed by atoms with Gasteiger partial charge in [-0.15, -0.1) is 5.06 Å². The van der Waals surface area contributed by atoms with E-state index in [-0.39, 0.29) is 6.54 Å². The van der Waals surface area contributed by atoms with Gasteiger partial charge in [-0.25, -0.2) is 9.59 Å². The molecule has 2 aliphatic heterocycles. The molecule has 1 aromatic rings. The molecule has 2 heterocycles. The highest BCUT2D eigenvalue weighted by Crippen LogP contribution is 2.45. The number of amides is 1. The van der Waals surface area contributed by atoms with Crippen LogP contribution in [-0.4, -0.2) is 46.2 Å². The molecule has 2 saturated heterocycles. The van der Waals surface area contributed by atoms with Gasteiger partial charge in [0.2, 0.25) is 0 Å². The molecule has 1 aromatic carbocycles. The highest BCUT2D eigenvalue weighted by molar-refractivity contribution is 5.79. The van der Waals surface area contributed by atoms with Crippen molar-refractivity contribution in [2.45, 2.75) is 38.3 Å². The molecular weight excluding hydrogens is 320 g/mol. The van der Waals surface area contributed by atoms with Crippen molar-refractivity contribution >= 4 is 12.0 Å². The molecule has 1 atom stereocenters. The molecule has 3 rings (SSSR count). The quantitative estimate of drug-likeness (QED) is 0.774. The van der Waals surface area contributed by atoms with Gasteiger partial charge in [0, 0.05) is 18.5 Å². The van der Waals surface area contributed by atoms with E-state index in [0.717, 1.165) is 0 Å². The van der Waals surface area contributed by atoms with Gasteiger partial charge in [0.25, 0.3) is 0 Å². The Bertz CT molecular complexity index is 746. The molecule has 6 heteroatoms. The molecule has 6 nitrogen and oxygen atoms in total. The Morgan fingerprint density at radius 3 is 2.52 bits per heavy atom. The molecule has 132 valence electrons. The van der Waals surface area contributed by atoms with E-state index in [1.807, 2.05) is 57.0 Å². The number of para-hydroxylation sites is 1. The molecule has 1 spiro atoms. The van der Waals surface area contributed by atoms with Gasteiger partial charge in [-0.1, -0.05) is 24.8 Å². The molecule has 0 bridgehead atoms. The van der Waals surface area contributed by atoms with Crippen LogP contribution in [0.15, 0.2) is 48.2 Å². The van der Waals surface area contributed by atoms with Gasteiger partial charge in [0.05, 0.1) is 17.8 Å². The standard InChI is InChI=1S/C19H22N2O4/c1-14-19(24-17(23)21(14)18(2,3)4)10-11-20(12-15(19)13-22)25-16-8-6-5-7-9-16/h5-9H,1,10-12H2,2-4H3. The molecule has 0 N–H and O–H groups in total. The first-order chi connectivity index (χ1) is 11.8. The van der Waals surface area contributed by atoms with Crippen molar-refractivity contribution < 1.29 is 19.2 Å². The van der Waals surface area contributed by atoms with E-state index in [1.165, 1.54) is 4.90 Å². The van der Waals surface area contributed by atoms with Crippen LogP contribution in [0.3, 0.4) is 0 Å². The third-order valence-corrected chi connectivity index (χ3v) is 4.49. The number of hydroxylamine groups is 2. The maximum Gasteiger partial charge on any atom is 0.415 e. The number of carbonyl (C=O) groups is 1. The molecule has 25 heavy (non-hydrogen) atoms. The number of hydrogen-bond acceptors (Lipinski definition) is 5. The van der Waals surface area contributed by atoms with E-state index < -0.39 is 17.2 Å². The Labute approximate surface area is 147 Å². The lowest BCUT2D eigenvalue weighted by molar-refractivity contribution is -0.0843. The number of rotatable bonds is 2. The molecule has 0 radical (unpaired) electrons. The van der Waals surface area contributed by atoms with Crippen molar-refractivity contribution in [1.82, 2.24) is 9.96 Å². The molecule has 2 fully saturated rings. The van der Waals surface area contributed by atoms with Crippen molar-refractivity contribution in [3.05, 3.63) is 48.2 Å². The first kappa shape index (κ1) is 17.3. The number of ether oxygens (including phenoxy) is 1. The lowest BCUT2D eigenvalue weighted by Crippen LogP contribution is -2.50. The van der Waals surface area contributed by atoms with Crippen molar-refractivity contribution in [3.63, 3.8) is 0 Å². The second-order valence-electron chi connectivity index (χ2n) is 7.25. The van der Waals surface area contributed by atoms with Gasteiger partial charge in [0.15, 0.2) is 5.60 Å². The minimum atomic E-state index is -1.12. The fourth-order valence-corrected chi connectivity index (χ4v) is 3.29. The monoisotopic (exact) mass is 342 g/mol. The topological polar surface area (TPSA) is 59.1 Å². The van der Waals surface area contributed by atoms with Crippen LogP contribution in [0.2, 0.25) is 0 Å². The van der Waals surface area contributed by atoms with Crippen LogP contribution < -0.4 is 4.84 Å². The largest absolute Gasteiger partial charge is 0.431 e. The summed E-state index contributed by atoms with van der Waals surface area (Å²) in [7, 11) is 0. The van der Waals surface area contributed by atoms with Crippen LogP contribution in [0, 0.1) is 0 Å². The Hall–Kier alpha value is -2.56. The molecule has 0 saturated carbocycles. The van der Waals surface area contributed by atoms with Gasteiger partial charge in [0.1, 0.15) is 11.7 Å². The van der Waals surface area contributed by atoms with Crippen LogP contribution in [-0.2, 0) is 9.53 Å². The predicted molar refractivity (Wildman–Crippen MR) is 92.4 cm³/mol. The first-order valence-corrected chi connectivity index (χ1v) is 8.23. The molecule has 1 unspecified atom stereocenters. The predicted octanol–water partition coefficient (Wildman–Crippen LogP) is 2.95. The van der Waals surface area contributed by atoms with Crippen molar-refractivity contribution in [3.8, 4) is 5.75 Å². The fraction of sp³-hybridized carbons (Fsp3) is 0.421. The summed E-state index contributed by atoms with van der Waals surface area (Å²) in [5.74, 6) is 2.64. The minimum Gasteiger partial charge on any atom is -0.431 e. The summed E-state index contributed by atoms with van der Waals surface area (Å²) in [5, 5.41) is 1.67. The number of carbonyl (C=O) groups excluding carboxylic acids is 2. The number of hydrogen-bond donors (Lipinski definition) is 0. The summed E-state index contributed by atoms with van der Waals surface area (Å²) in [6, 6.07) is 9.32. The number of piperidine rings is 1. The first-order valence-electron chi connectivity index (χ1n) is 8.23. The highest BCUT2D eigenvalue weighted by Gasteiger charge is 2.57. The maximum atomic E-state index is 12.4. The normalized spacial score (nSPS) is 24.4. The van der Waals surface area contributed by atoms with Crippen LogP contribution in [0.4, 0.5) is 4.79 Å². The SMILES string of the molecule is C=C1N(C(C)(C)C)C(=O)OC12CCN(Oc1ccccc1)CC2=C=O. The third-order valence-electron chi connectivity index (χ3n) is 4.49. The zero-order chi connectivity index (χ0) is 18.2.